The second kappa shape index (κ2) is 9.36. The summed E-state index contributed by atoms with van der Waals surface area (Å²) >= 11 is 0. The lowest BCUT2D eigenvalue weighted by molar-refractivity contribution is 0.136. The predicted octanol–water partition coefficient (Wildman–Crippen LogP) is 2.88. The number of benzene rings is 2. The molecular formula is C19H26N2O. The van der Waals surface area contributed by atoms with E-state index in [2.05, 4.69) is 34.9 Å². The highest BCUT2D eigenvalue weighted by atomic mass is 16.3. The molecule has 3 heteroatoms. The molecule has 0 aliphatic heterocycles. The van der Waals surface area contributed by atoms with Crippen molar-refractivity contribution in [3.05, 3.63) is 71.8 Å². The van der Waals surface area contributed by atoms with Crippen molar-refractivity contribution >= 4 is 0 Å². The molecule has 0 saturated carbocycles. The largest absolute Gasteiger partial charge is 0.387 e. The molecule has 118 valence electrons. The summed E-state index contributed by atoms with van der Waals surface area (Å²) in [6, 6.07) is 20.3. The molecule has 2 rings (SSSR count). The molecule has 0 aliphatic rings. The summed E-state index contributed by atoms with van der Waals surface area (Å²) in [5.74, 6) is 0. The van der Waals surface area contributed by atoms with Crippen LogP contribution < -0.4 is 10.6 Å². The van der Waals surface area contributed by atoms with Crippen molar-refractivity contribution in [2.75, 3.05) is 13.1 Å². The molecule has 0 amide bonds. The van der Waals surface area contributed by atoms with E-state index in [4.69, 9.17) is 0 Å². The Morgan fingerprint density at radius 2 is 1.55 bits per heavy atom. The maximum atomic E-state index is 10.3. The topological polar surface area (TPSA) is 44.3 Å². The van der Waals surface area contributed by atoms with E-state index in [9.17, 15) is 5.11 Å². The summed E-state index contributed by atoms with van der Waals surface area (Å²) in [4.78, 5) is 0. The van der Waals surface area contributed by atoms with Crippen molar-refractivity contribution in [3.8, 4) is 0 Å². The SMILES string of the molecule is CC(NCCCNCc1ccccc1)C(O)c1ccccc1. The third-order valence-electron chi connectivity index (χ3n) is 3.78. The van der Waals surface area contributed by atoms with Gasteiger partial charge in [-0.1, -0.05) is 60.7 Å². The van der Waals surface area contributed by atoms with Crippen molar-refractivity contribution < 1.29 is 5.11 Å². The quantitative estimate of drug-likeness (QED) is 0.624. The molecular weight excluding hydrogens is 272 g/mol. The maximum absolute atomic E-state index is 10.3. The zero-order chi connectivity index (χ0) is 15.6. The van der Waals surface area contributed by atoms with Crippen molar-refractivity contribution in [2.24, 2.45) is 0 Å². The van der Waals surface area contributed by atoms with E-state index in [1.165, 1.54) is 5.56 Å². The van der Waals surface area contributed by atoms with Crippen LogP contribution in [0, 0.1) is 0 Å². The zero-order valence-electron chi connectivity index (χ0n) is 13.2. The van der Waals surface area contributed by atoms with Gasteiger partial charge < -0.3 is 15.7 Å². The second-order valence-electron chi connectivity index (χ2n) is 5.61. The molecule has 0 heterocycles. The lowest BCUT2D eigenvalue weighted by Crippen LogP contribution is -2.34. The summed E-state index contributed by atoms with van der Waals surface area (Å²) in [5, 5.41) is 17.1. The van der Waals surface area contributed by atoms with E-state index in [1.807, 2.05) is 43.3 Å². The number of aliphatic hydroxyl groups excluding tert-OH is 1. The number of rotatable bonds is 9. The Morgan fingerprint density at radius 3 is 2.23 bits per heavy atom. The Balaban J connectivity index is 1.58. The molecule has 0 aliphatic carbocycles. The van der Waals surface area contributed by atoms with Crippen LogP contribution in [-0.4, -0.2) is 24.2 Å². The molecule has 2 aromatic rings. The Bertz CT molecular complexity index is 515. The van der Waals surface area contributed by atoms with Gasteiger partial charge >= 0.3 is 0 Å². The van der Waals surface area contributed by atoms with Gasteiger partial charge in [0.05, 0.1) is 6.10 Å². The van der Waals surface area contributed by atoms with E-state index in [0.717, 1.165) is 31.6 Å². The van der Waals surface area contributed by atoms with Crippen LogP contribution in [0.25, 0.3) is 0 Å². The van der Waals surface area contributed by atoms with Gasteiger partial charge in [-0.25, -0.2) is 0 Å². The van der Waals surface area contributed by atoms with Crippen molar-refractivity contribution in [3.63, 3.8) is 0 Å². The average molecular weight is 298 g/mol. The van der Waals surface area contributed by atoms with Crippen molar-refractivity contribution in [2.45, 2.75) is 32.0 Å². The number of nitrogens with one attached hydrogen (secondary N) is 2. The maximum Gasteiger partial charge on any atom is 0.0940 e. The fraction of sp³-hybridized carbons (Fsp3) is 0.368. The first-order valence-electron chi connectivity index (χ1n) is 7.98. The van der Waals surface area contributed by atoms with Crippen LogP contribution in [0.5, 0.6) is 0 Å². The normalized spacial score (nSPS) is 13.7. The summed E-state index contributed by atoms with van der Waals surface area (Å²) in [6.07, 6.45) is 0.581. The molecule has 0 saturated heterocycles. The zero-order valence-corrected chi connectivity index (χ0v) is 13.2. The Labute approximate surface area is 133 Å². The molecule has 0 bridgehead atoms. The van der Waals surface area contributed by atoms with Crippen LogP contribution >= 0.6 is 0 Å². The molecule has 0 aromatic heterocycles. The van der Waals surface area contributed by atoms with E-state index >= 15 is 0 Å². The predicted molar refractivity (Wildman–Crippen MR) is 91.6 cm³/mol. The second-order valence-corrected chi connectivity index (χ2v) is 5.61. The van der Waals surface area contributed by atoms with Crippen LogP contribution in [0.3, 0.4) is 0 Å². The summed E-state index contributed by atoms with van der Waals surface area (Å²) in [5.41, 5.74) is 2.27. The molecule has 0 radical (unpaired) electrons. The molecule has 3 nitrogen and oxygen atoms in total. The molecule has 3 N–H and O–H groups in total. The number of hydrogen-bond acceptors (Lipinski definition) is 3. The van der Waals surface area contributed by atoms with Crippen LogP contribution in [0.1, 0.15) is 30.6 Å². The minimum atomic E-state index is -0.460. The fourth-order valence-electron chi connectivity index (χ4n) is 2.42. The lowest BCUT2D eigenvalue weighted by atomic mass is 10.0. The Kier molecular flexibility index (Phi) is 7.10. The van der Waals surface area contributed by atoms with Gasteiger partial charge in [-0.15, -0.1) is 0 Å². The summed E-state index contributed by atoms with van der Waals surface area (Å²) in [7, 11) is 0. The van der Waals surface area contributed by atoms with E-state index < -0.39 is 6.10 Å². The average Bonchev–Trinajstić information content (AvgIpc) is 2.58. The monoisotopic (exact) mass is 298 g/mol. The minimum absolute atomic E-state index is 0.0523. The first-order chi connectivity index (χ1) is 10.8. The van der Waals surface area contributed by atoms with Gasteiger partial charge in [0.15, 0.2) is 0 Å². The van der Waals surface area contributed by atoms with Crippen molar-refractivity contribution in [1.29, 1.82) is 0 Å². The molecule has 2 unspecified atom stereocenters. The van der Waals surface area contributed by atoms with Crippen LogP contribution in [0.4, 0.5) is 0 Å². The van der Waals surface area contributed by atoms with E-state index in [-0.39, 0.29) is 6.04 Å². The van der Waals surface area contributed by atoms with Gasteiger partial charge in [-0.2, -0.15) is 0 Å². The lowest BCUT2D eigenvalue weighted by Gasteiger charge is -2.20. The van der Waals surface area contributed by atoms with Gasteiger partial charge in [0.1, 0.15) is 0 Å². The Hall–Kier alpha value is -1.68. The summed E-state index contributed by atoms with van der Waals surface area (Å²) < 4.78 is 0. The standard InChI is InChI=1S/C19H26N2O/c1-16(19(22)18-11-6-3-7-12-18)21-14-8-13-20-15-17-9-4-2-5-10-17/h2-7,9-12,16,19-22H,8,13-15H2,1H3. The molecule has 22 heavy (non-hydrogen) atoms. The van der Waals surface area contributed by atoms with Crippen molar-refractivity contribution in [1.82, 2.24) is 10.6 Å². The van der Waals surface area contributed by atoms with Gasteiger partial charge in [-0.3, -0.25) is 0 Å². The van der Waals surface area contributed by atoms with Gasteiger partial charge in [0.25, 0.3) is 0 Å². The highest BCUT2D eigenvalue weighted by molar-refractivity contribution is 5.18. The fourth-order valence-corrected chi connectivity index (χ4v) is 2.42. The van der Waals surface area contributed by atoms with E-state index in [1.54, 1.807) is 0 Å². The third kappa shape index (κ3) is 5.60. The highest BCUT2D eigenvalue weighted by Crippen LogP contribution is 2.15. The number of hydrogen-bond donors (Lipinski definition) is 3. The smallest absolute Gasteiger partial charge is 0.0940 e. The van der Waals surface area contributed by atoms with E-state index in [0.29, 0.717) is 0 Å². The number of aliphatic hydroxyl groups is 1. The van der Waals surface area contributed by atoms with Gasteiger partial charge in [0, 0.05) is 12.6 Å². The van der Waals surface area contributed by atoms with Crippen LogP contribution in [0.15, 0.2) is 60.7 Å². The highest BCUT2D eigenvalue weighted by Gasteiger charge is 2.14. The molecule has 0 spiro atoms. The minimum Gasteiger partial charge on any atom is -0.387 e. The first-order valence-corrected chi connectivity index (χ1v) is 7.98. The van der Waals surface area contributed by atoms with Crippen LogP contribution in [-0.2, 0) is 6.54 Å². The van der Waals surface area contributed by atoms with Crippen LogP contribution in [0.2, 0.25) is 0 Å². The third-order valence-corrected chi connectivity index (χ3v) is 3.78. The Morgan fingerprint density at radius 1 is 0.909 bits per heavy atom. The van der Waals surface area contributed by atoms with Gasteiger partial charge in [0.2, 0.25) is 0 Å². The first kappa shape index (κ1) is 16.7. The molecule has 2 atom stereocenters. The summed E-state index contributed by atoms with van der Waals surface area (Å²) in [6.45, 7) is 4.79. The molecule has 2 aromatic carbocycles. The molecule has 0 fully saturated rings. The van der Waals surface area contributed by atoms with Gasteiger partial charge in [-0.05, 0) is 37.6 Å².